The van der Waals surface area contributed by atoms with Crippen LogP contribution in [0.15, 0.2) is 48.5 Å². The number of carbonyl (C=O) groups excluding carboxylic acids is 1. The van der Waals surface area contributed by atoms with Crippen LogP contribution >= 0.6 is 11.3 Å². The molecule has 26 heavy (non-hydrogen) atoms. The Morgan fingerprint density at radius 1 is 1.27 bits per heavy atom. The van der Waals surface area contributed by atoms with Crippen molar-refractivity contribution >= 4 is 38.7 Å². The van der Waals surface area contributed by atoms with E-state index in [2.05, 4.69) is 17.2 Å². The number of carbonyl (C=O) groups is 1. The quantitative estimate of drug-likeness (QED) is 0.455. The number of nitrogens with one attached hydrogen (secondary N) is 1. The van der Waals surface area contributed by atoms with Gasteiger partial charge in [0.15, 0.2) is 5.13 Å². The second-order valence-electron chi connectivity index (χ2n) is 5.70. The van der Waals surface area contributed by atoms with Crippen molar-refractivity contribution in [1.29, 1.82) is 0 Å². The number of para-hydroxylation sites is 1. The molecule has 0 fully saturated rings. The van der Waals surface area contributed by atoms with Crippen molar-refractivity contribution in [3.63, 3.8) is 0 Å². The minimum Gasteiger partial charge on any atom is -0.494 e. The van der Waals surface area contributed by atoms with Crippen molar-refractivity contribution in [3.8, 4) is 5.75 Å². The molecule has 6 heteroatoms. The Balaban J connectivity index is 1.59. The van der Waals surface area contributed by atoms with Crippen molar-refractivity contribution < 1.29 is 13.9 Å². The van der Waals surface area contributed by atoms with Crippen molar-refractivity contribution in [2.75, 3.05) is 11.9 Å². The van der Waals surface area contributed by atoms with E-state index in [4.69, 9.17) is 4.74 Å². The summed E-state index contributed by atoms with van der Waals surface area (Å²) in [6.45, 7) is 2.82. The van der Waals surface area contributed by atoms with E-state index in [-0.39, 0.29) is 11.4 Å². The van der Waals surface area contributed by atoms with Crippen LogP contribution in [0.5, 0.6) is 5.75 Å². The van der Waals surface area contributed by atoms with Gasteiger partial charge in [0.1, 0.15) is 17.1 Å². The number of thiazole rings is 1. The molecule has 0 atom stereocenters. The molecule has 0 saturated carbocycles. The average molecular weight is 370 g/mol. The lowest BCUT2D eigenvalue weighted by Crippen LogP contribution is -2.07. The van der Waals surface area contributed by atoms with Crippen LogP contribution in [-0.4, -0.2) is 17.5 Å². The number of rotatable bonds is 7. The highest BCUT2D eigenvalue weighted by Gasteiger charge is 2.09. The highest BCUT2D eigenvalue weighted by atomic mass is 32.1. The Labute approximate surface area is 155 Å². The Morgan fingerprint density at radius 3 is 2.81 bits per heavy atom. The first kappa shape index (κ1) is 18.1. The number of halogens is 1. The zero-order valence-corrected chi connectivity index (χ0v) is 15.2. The van der Waals surface area contributed by atoms with Crippen LogP contribution in [-0.2, 0) is 4.79 Å². The molecule has 3 rings (SSSR count). The number of nitrogens with zero attached hydrogens (tertiary/aromatic N) is 1. The van der Waals surface area contributed by atoms with Crippen LogP contribution in [0, 0.1) is 5.82 Å². The van der Waals surface area contributed by atoms with Crippen LogP contribution in [0.2, 0.25) is 0 Å². The number of hydrogen-bond acceptors (Lipinski definition) is 4. The normalized spacial score (nSPS) is 11.2. The summed E-state index contributed by atoms with van der Waals surface area (Å²) in [5.41, 5.74) is 1.16. The Morgan fingerprint density at radius 2 is 2.08 bits per heavy atom. The minimum atomic E-state index is -0.393. The van der Waals surface area contributed by atoms with Gasteiger partial charge in [-0.25, -0.2) is 9.37 Å². The zero-order chi connectivity index (χ0) is 18.4. The van der Waals surface area contributed by atoms with Crippen molar-refractivity contribution in [3.05, 3.63) is 59.9 Å². The lowest BCUT2D eigenvalue weighted by molar-refractivity contribution is -0.111. The topological polar surface area (TPSA) is 51.2 Å². The molecule has 0 saturated heterocycles. The summed E-state index contributed by atoms with van der Waals surface area (Å²) >= 11 is 1.24. The predicted molar refractivity (Wildman–Crippen MR) is 104 cm³/mol. The smallest absolute Gasteiger partial charge is 0.250 e. The van der Waals surface area contributed by atoms with Crippen molar-refractivity contribution in [2.45, 2.75) is 19.8 Å². The Bertz CT molecular complexity index is 919. The third-order valence-electron chi connectivity index (χ3n) is 3.67. The van der Waals surface area contributed by atoms with Gasteiger partial charge >= 0.3 is 0 Å². The van der Waals surface area contributed by atoms with E-state index in [1.165, 1.54) is 23.5 Å². The Hall–Kier alpha value is -2.73. The SMILES string of the molecule is CCCCOc1ccc(/C=C/C(=O)Nc2nc3c(F)cccc3s2)cc1. The van der Waals surface area contributed by atoms with Crippen LogP contribution in [0.4, 0.5) is 9.52 Å². The van der Waals surface area contributed by atoms with Gasteiger partial charge in [-0.2, -0.15) is 0 Å². The van der Waals surface area contributed by atoms with E-state index in [0.717, 1.165) is 24.2 Å². The maximum Gasteiger partial charge on any atom is 0.250 e. The van der Waals surface area contributed by atoms with E-state index in [1.807, 2.05) is 24.3 Å². The molecule has 2 aromatic carbocycles. The van der Waals surface area contributed by atoms with Crippen LogP contribution in [0.25, 0.3) is 16.3 Å². The molecule has 0 aliphatic carbocycles. The molecule has 3 aromatic rings. The second-order valence-corrected chi connectivity index (χ2v) is 6.73. The lowest BCUT2D eigenvalue weighted by Gasteiger charge is -2.04. The van der Waals surface area contributed by atoms with E-state index >= 15 is 0 Å². The highest BCUT2D eigenvalue weighted by Crippen LogP contribution is 2.27. The van der Waals surface area contributed by atoms with Crippen LogP contribution in [0.1, 0.15) is 25.3 Å². The second kappa shape index (κ2) is 8.58. The number of ether oxygens (including phenoxy) is 1. The zero-order valence-electron chi connectivity index (χ0n) is 14.4. The Kier molecular flexibility index (Phi) is 5.96. The summed E-state index contributed by atoms with van der Waals surface area (Å²) in [6, 6.07) is 12.3. The molecule has 1 N–H and O–H groups in total. The molecule has 1 amide bonds. The number of anilines is 1. The summed E-state index contributed by atoms with van der Waals surface area (Å²) < 4.78 is 19.9. The van der Waals surface area contributed by atoms with Gasteiger partial charge in [-0.15, -0.1) is 0 Å². The average Bonchev–Trinajstić information content (AvgIpc) is 3.05. The van der Waals surface area contributed by atoms with Gasteiger partial charge in [-0.1, -0.05) is 42.9 Å². The fraction of sp³-hybridized carbons (Fsp3) is 0.200. The highest BCUT2D eigenvalue weighted by molar-refractivity contribution is 7.22. The van der Waals surface area contributed by atoms with Gasteiger partial charge < -0.3 is 4.74 Å². The van der Waals surface area contributed by atoms with Crippen LogP contribution < -0.4 is 10.1 Å². The number of unbranched alkanes of at least 4 members (excludes halogenated alkanes) is 1. The van der Waals surface area contributed by atoms with E-state index in [0.29, 0.717) is 16.4 Å². The standard InChI is InChI=1S/C20H19FN2O2S/c1-2-3-13-25-15-10-7-14(8-11-15)9-12-18(24)22-20-23-19-16(21)5-4-6-17(19)26-20/h4-12H,2-3,13H2,1H3,(H,22,23,24)/b12-9+. The number of benzene rings is 2. The van der Waals surface area contributed by atoms with Gasteiger partial charge in [0, 0.05) is 6.08 Å². The van der Waals surface area contributed by atoms with E-state index < -0.39 is 5.82 Å². The van der Waals surface area contributed by atoms with Gasteiger partial charge in [-0.05, 0) is 42.3 Å². The molecule has 0 aliphatic heterocycles. The first-order valence-electron chi connectivity index (χ1n) is 8.42. The van der Waals surface area contributed by atoms with Crippen LogP contribution in [0.3, 0.4) is 0 Å². The molecule has 0 radical (unpaired) electrons. The summed E-state index contributed by atoms with van der Waals surface area (Å²) in [7, 11) is 0. The van der Waals surface area contributed by atoms with Gasteiger partial charge in [0.25, 0.3) is 0 Å². The number of hydrogen-bond donors (Lipinski definition) is 1. The fourth-order valence-electron chi connectivity index (χ4n) is 2.30. The summed E-state index contributed by atoms with van der Waals surface area (Å²) in [4.78, 5) is 16.2. The summed E-state index contributed by atoms with van der Waals surface area (Å²) in [5.74, 6) is 0.111. The molecule has 134 valence electrons. The fourth-order valence-corrected chi connectivity index (χ4v) is 3.18. The molecule has 1 aromatic heterocycles. The lowest BCUT2D eigenvalue weighted by atomic mass is 10.2. The predicted octanol–water partition coefficient (Wildman–Crippen LogP) is 5.27. The van der Waals surface area contributed by atoms with Crippen molar-refractivity contribution in [1.82, 2.24) is 4.98 Å². The van der Waals surface area contributed by atoms with Gasteiger partial charge in [0.05, 0.1) is 11.3 Å². The summed E-state index contributed by atoms with van der Waals surface area (Å²) in [6.07, 6.45) is 5.25. The van der Waals surface area contributed by atoms with Gasteiger partial charge in [0.2, 0.25) is 5.91 Å². The molecule has 1 heterocycles. The maximum atomic E-state index is 13.6. The third kappa shape index (κ3) is 4.67. The molecule has 0 spiro atoms. The number of amides is 1. The van der Waals surface area contributed by atoms with E-state index in [1.54, 1.807) is 18.2 Å². The summed E-state index contributed by atoms with van der Waals surface area (Å²) in [5, 5.41) is 3.04. The molecule has 0 bridgehead atoms. The number of aromatic nitrogens is 1. The van der Waals surface area contributed by atoms with E-state index in [9.17, 15) is 9.18 Å². The largest absolute Gasteiger partial charge is 0.494 e. The minimum absolute atomic E-state index is 0.274. The maximum absolute atomic E-state index is 13.6. The first-order valence-corrected chi connectivity index (χ1v) is 9.24. The first-order chi connectivity index (χ1) is 12.7. The molecule has 0 unspecified atom stereocenters. The molecular weight excluding hydrogens is 351 g/mol. The van der Waals surface area contributed by atoms with Crippen molar-refractivity contribution in [2.24, 2.45) is 0 Å². The molecule has 0 aliphatic rings. The molecular formula is C20H19FN2O2S. The monoisotopic (exact) mass is 370 g/mol. The molecule has 4 nitrogen and oxygen atoms in total. The van der Waals surface area contributed by atoms with Gasteiger partial charge in [-0.3, -0.25) is 10.1 Å². The number of fused-ring (bicyclic) bond motifs is 1. The third-order valence-corrected chi connectivity index (χ3v) is 4.61.